The maximum atomic E-state index is 10.0. The molecular weight excluding hydrogens is 278 g/mol. The predicted molar refractivity (Wildman–Crippen MR) is 87.0 cm³/mol. The molecule has 0 saturated carbocycles. The molecular formula is C18H23NO3. The lowest BCUT2D eigenvalue weighted by molar-refractivity contribution is 0.0993. The summed E-state index contributed by atoms with van der Waals surface area (Å²) in [6, 6.07) is 17.2. The highest BCUT2D eigenvalue weighted by atomic mass is 16.5. The topological polar surface area (TPSA) is 61.7 Å². The summed E-state index contributed by atoms with van der Waals surface area (Å²) in [7, 11) is 0. The van der Waals surface area contributed by atoms with Crippen LogP contribution in [0.5, 0.6) is 5.75 Å². The van der Waals surface area contributed by atoms with Gasteiger partial charge in [0.1, 0.15) is 18.5 Å². The average Bonchev–Trinajstić information content (AvgIpc) is 2.55. The van der Waals surface area contributed by atoms with E-state index >= 15 is 0 Å². The lowest BCUT2D eigenvalue weighted by Gasteiger charge is -2.16. The van der Waals surface area contributed by atoms with E-state index in [1.54, 1.807) is 0 Å². The van der Waals surface area contributed by atoms with E-state index in [-0.39, 0.29) is 6.61 Å². The number of hydrogen-bond acceptors (Lipinski definition) is 4. The second-order valence-corrected chi connectivity index (χ2v) is 5.32. The molecule has 0 spiro atoms. The lowest BCUT2D eigenvalue weighted by atomic mass is 10.1. The fourth-order valence-corrected chi connectivity index (χ4v) is 2.14. The van der Waals surface area contributed by atoms with Gasteiger partial charge in [0.25, 0.3) is 0 Å². The molecule has 22 heavy (non-hydrogen) atoms. The van der Waals surface area contributed by atoms with Crippen LogP contribution in [0.4, 0.5) is 0 Å². The molecule has 4 heteroatoms. The van der Waals surface area contributed by atoms with Crippen LogP contribution in [0.15, 0.2) is 54.6 Å². The smallest absolute Gasteiger partial charge is 0.122 e. The normalized spacial score (nSPS) is 13.6. The first-order valence-electron chi connectivity index (χ1n) is 7.47. The third-order valence-corrected chi connectivity index (χ3v) is 3.43. The van der Waals surface area contributed by atoms with Gasteiger partial charge in [-0.15, -0.1) is 0 Å². The van der Waals surface area contributed by atoms with Crippen molar-refractivity contribution in [3.63, 3.8) is 0 Å². The van der Waals surface area contributed by atoms with Crippen molar-refractivity contribution in [3.8, 4) is 5.75 Å². The number of hydrogen-bond donors (Lipinski definition) is 3. The predicted octanol–water partition coefficient (Wildman–Crippen LogP) is 2.06. The van der Waals surface area contributed by atoms with E-state index in [9.17, 15) is 10.2 Å². The molecule has 0 fully saturated rings. The highest BCUT2D eigenvalue weighted by Gasteiger charge is 2.09. The average molecular weight is 301 g/mol. The van der Waals surface area contributed by atoms with Crippen LogP contribution in [0, 0.1) is 6.92 Å². The zero-order valence-corrected chi connectivity index (χ0v) is 12.8. The Morgan fingerprint density at radius 1 is 0.955 bits per heavy atom. The lowest BCUT2D eigenvalue weighted by Crippen LogP contribution is -2.33. The first-order valence-corrected chi connectivity index (χ1v) is 7.47. The van der Waals surface area contributed by atoms with Crippen molar-refractivity contribution in [1.82, 2.24) is 5.32 Å². The highest BCUT2D eigenvalue weighted by molar-refractivity contribution is 5.31. The van der Waals surface area contributed by atoms with Gasteiger partial charge in [-0.05, 0) is 24.1 Å². The van der Waals surface area contributed by atoms with E-state index in [1.807, 2.05) is 61.5 Å². The van der Waals surface area contributed by atoms with Crippen molar-refractivity contribution in [2.75, 3.05) is 19.7 Å². The fraction of sp³-hybridized carbons (Fsp3) is 0.333. The van der Waals surface area contributed by atoms with E-state index in [0.717, 1.165) is 16.9 Å². The number of nitrogens with one attached hydrogen (secondary N) is 1. The van der Waals surface area contributed by atoms with Gasteiger partial charge in [-0.1, -0.05) is 48.5 Å². The summed E-state index contributed by atoms with van der Waals surface area (Å²) in [6.07, 6.45) is -1.20. The van der Waals surface area contributed by atoms with Crippen molar-refractivity contribution in [2.24, 2.45) is 0 Å². The summed E-state index contributed by atoms with van der Waals surface area (Å²) in [5, 5.41) is 23.0. The number of aliphatic hydroxyl groups is 2. The van der Waals surface area contributed by atoms with Gasteiger partial charge in [0.05, 0.1) is 6.10 Å². The molecule has 2 rings (SSSR count). The largest absolute Gasteiger partial charge is 0.491 e. The van der Waals surface area contributed by atoms with Gasteiger partial charge in [-0.25, -0.2) is 0 Å². The van der Waals surface area contributed by atoms with Crippen molar-refractivity contribution in [3.05, 3.63) is 65.7 Å². The Morgan fingerprint density at radius 2 is 1.64 bits per heavy atom. The molecule has 0 unspecified atom stereocenters. The minimum atomic E-state index is -0.623. The van der Waals surface area contributed by atoms with Gasteiger partial charge >= 0.3 is 0 Å². The van der Waals surface area contributed by atoms with E-state index < -0.39 is 12.2 Å². The van der Waals surface area contributed by atoms with Crippen molar-refractivity contribution >= 4 is 0 Å². The number of aliphatic hydroxyl groups excluding tert-OH is 2. The van der Waals surface area contributed by atoms with E-state index in [4.69, 9.17) is 4.74 Å². The standard InChI is InChI=1S/C18H23NO3/c1-14-7-5-6-10-18(14)22-13-16(20)11-19-12-17(21)15-8-3-2-4-9-15/h2-10,16-17,19-21H,11-13H2,1H3/t16-,17-/m1/s1. The summed E-state index contributed by atoms with van der Waals surface area (Å²) in [6.45, 7) is 2.96. The molecule has 0 aliphatic carbocycles. The van der Waals surface area contributed by atoms with Crippen molar-refractivity contribution in [1.29, 1.82) is 0 Å². The second-order valence-electron chi connectivity index (χ2n) is 5.32. The van der Waals surface area contributed by atoms with Crippen molar-refractivity contribution < 1.29 is 14.9 Å². The molecule has 2 atom stereocenters. The van der Waals surface area contributed by atoms with Crippen LogP contribution in [0.25, 0.3) is 0 Å². The zero-order chi connectivity index (χ0) is 15.8. The summed E-state index contributed by atoms with van der Waals surface area (Å²) in [5.74, 6) is 0.783. The van der Waals surface area contributed by atoms with Crippen LogP contribution < -0.4 is 10.1 Å². The molecule has 2 aromatic carbocycles. The molecule has 0 bridgehead atoms. The molecule has 0 heterocycles. The van der Waals surface area contributed by atoms with Gasteiger partial charge in [0.2, 0.25) is 0 Å². The molecule has 2 aromatic rings. The molecule has 0 aromatic heterocycles. The molecule has 4 nitrogen and oxygen atoms in total. The summed E-state index contributed by atoms with van der Waals surface area (Å²) >= 11 is 0. The quantitative estimate of drug-likeness (QED) is 0.698. The molecule has 0 aliphatic heterocycles. The Labute approximate surface area is 131 Å². The Bertz CT molecular complexity index is 559. The molecule has 0 radical (unpaired) electrons. The third-order valence-electron chi connectivity index (χ3n) is 3.43. The number of aryl methyl sites for hydroxylation is 1. The van der Waals surface area contributed by atoms with Gasteiger partial charge in [0.15, 0.2) is 0 Å². The first kappa shape index (κ1) is 16.5. The Hall–Kier alpha value is -1.88. The number of para-hydroxylation sites is 1. The van der Waals surface area contributed by atoms with Crippen LogP contribution in [-0.2, 0) is 0 Å². The zero-order valence-electron chi connectivity index (χ0n) is 12.8. The third kappa shape index (κ3) is 5.15. The van der Waals surface area contributed by atoms with Crippen LogP contribution >= 0.6 is 0 Å². The monoisotopic (exact) mass is 301 g/mol. The highest BCUT2D eigenvalue weighted by Crippen LogP contribution is 2.16. The molecule has 0 amide bonds. The van der Waals surface area contributed by atoms with Crippen LogP contribution in [0.1, 0.15) is 17.2 Å². The minimum Gasteiger partial charge on any atom is -0.491 e. The fourth-order valence-electron chi connectivity index (χ4n) is 2.14. The molecule has 118 valence electrons. The van der Waals surface area contributed by atoms with E-state index in [0.29, 0.717) is 13.1 Å². The van der Waals surface area contributed by atoms with Gasteiger partial charge in [-0.3, -0.25) is 0 Å². The van der Waals surface area contributed by atoms with Crippen molar-refractivity contribution in [2.45, 2.75) is 19.1 Å². The van der Waals surface area contributed by atoms with Gasteiger partial charge in [0, 0.05) is 13.1 Å². The van der Waals surface area contributed by atoms with Gasteiger partial charge < -0.3 is 20.3 Å². The molecule has 0 aliphatic rings. The summed E-state index contributed by atoms with van der Waals surface area (Å²) < 4.78 is 5.59. The number of rotatable bonds is 8. The van der Waals surface area contributed by atoms with Crippen LogP contribution in [0.2, 0.25) is 0 Å². The Balaban J connectivity index is 1.68. The first-order chi connectivity index (χ1) is 10.7. The van der Waals surface area contributed by atoms with Gasteiger partial charge in [-0.2, -0.15) is 0 Å². The number of ether oxygens (including phenoxy) is 1. The SMILES string of the molecule is Cc1ccccc1OC[C@H](O)CNC[C@@H](O)c1ccccc1. The maximum Gasteiger partial charge on any atom is 0.122 e. The van der Waals surface area contributed by atoms with Crippen LogP contribution in [0.3, 0.4) is 0 Å². The number of benzene rings is 2. The molecule has 3 N–H and O–H groups in total. The second kappa shape index (κ2) is 8.54. The maximum absolute atomic E-state index is 10.0. The Kier molecular flexibility index (Phi) is 6.40. The minimum absolute atomic E-state index is 0.222. The van der Waals surface area contributed by atoms with Crippen LogP contribution in [-0.4, -0.2) is 36.0 Å². The molecule has 0 saturated heterocycles. The van der Waals surface area contributed by atoms with E-state index in [2.05, 4.69) is 5.32 Å². The van der Waals surface area contributed by atoms with E-state index in [1.165, 1.54) is 0 Å². The summed E-state index contributed by atoms with van der Waals surface area (Å²) in [4.78, 5) is 0. The Morgan fingerprint density at radius 3 is 2.36 bits per heavy atom. The summed E-state index contributed by atoms with van der Waals surface area (Å²) in [5.41, 5.74) is 1.91.